The largest absolute Gasteiger partial charge is 0.449 e. The van der Waals surface area contributed by atoms with Gasteiger partial charge in [-0.2, -0.15) is 0 Å². The van der Waals surface area contributed by atoms with E-state index in [1.165, 1.54) is 0 Å². The number of aldehydes is 1. The summed E-state index contributed by atoms with van der Waals surface area (Å²) in [6.07, 6.45) is 0.647. The van der Waals surface area contributed by atoms with Crippen molar-refractivity contribution in [1.29, 1.82) is 0 Å². The number of nitro benzene ring substituents is 1. The molecular weight excluding hydrogens is 326 g/mol. The van der Waals surface area contributed by atoms with Crippen LogP contribution in [0.2, 0.25) is 0 Å². The normalized spacial score (nSPS) is 10.1. The van der Waals surface area contributed by atoms with Crippen molar-refractivity contribution >= 4 is 27.9 Å². The first-order chi connectivity index (χ1) is 9.54. The predicted molar refractivity (Wildman–Crippen MR) is 77.4 cm³/mol. The molecule has 20 heavy (non-hydrogen) atoms. The molecule has 2 aromatic carbocycles. The van der Waals surface area contributed by atoms with E-state index < -0.39 is 4.92 Å². The summed E-state index contributed by atoms with van der Waals surface area (Å²) in [6.45, 7) is 1.71. The van der Waals surface area contributed by atoms with Crippen LogP contribution in [0.15, 0.2) is 40.9 Å². The Balaban J connectivity index is 2.56. The van der Waals surface area contributed by atoms with Gasteiger partial charge in [0.25, 0.3) is 0 Å². The summed E-state index contributed by atoms with van der Waals surface area (Å²) < 4.78 is 5.93. The van der Waals surface area contributed by atoms with Crippen LogP contribution in [0.25, 0.3) is 0 Å². The van der Waals surface area contributed by atoms with Gasteiger partial charge in [0.15, 0.2) is 6.29 Å². The van der Waals surface area contributed by atoms with Crippen molar-refractivity contribution in [3.8, 4) is 11.5 Å². The van der Waals surface area contributed by atoms with Gasteiger partial charge < -0.3 is 4.74 Å². The number of nitrogens with zero attached hydrogens (tertiary/aromatic N) is 1. The quantitative estimate of drug-likeness (QED) is 0.475. The number of aryl methyl sites for hydroxylation is 1. The van der Waals surface area contributed by atoms with Gasteiger partial charge in [-0.3, -0.25) is 14.9 Å². The Bertz CT molecular complexity index is 685. The first-order valence-electron chi connectivity index (χ1n) is 5.70. The smallest absolute Gasteiger partial charge is 0.325 e. The van der Waals surface area contributed by atoms with E-state index in [4.69, 9.17) is 4.74 Å². The molecule has 0 aliphatic heterocycles. The number of rotatable bonds is 4. The number of hydrogen-bond donors (Lipinski definition) is 0. The number of hydrogen-bond acceptors (Lipinski definition) is 4. The van der Waals surface area contributed by atoms with Gasteiger partial charge in [-0.1, -0.05) is 18.2 Å². The topological polar surface area (TPSA) is 69.4 Å². The molecule has 102 valence electrons. The van der Waals surface area contributed by atoms with Gasteiger partial charge in [0.1, 0.15) is 5.75 Å². The zero-order valence-electron chi connectivity index (χ0n) is 10.5. The van der Waals surface area contributed by atoms with Gasteiger partial charge in [0, 0.05) is 0 Å². The van der Waals surface area contributed by atoms with Crippen molar-refractivity contribution < 1.29 is 14.5 Å². The van der Waals surface area contributed by atoms with E-state index >= 15 is 0 Å². The molecule has 0 heterocycles. The highest BCUT2D eigenvalue weighted by Crippen LogP contribution is 2.40. The molecule has 0 saturated heterocycles. The minimum Gasteiger partial charge on any atom is -0.449 e. The molecule has 0 aliphatic rings. The maximum Gasteiger partial charge on any atom is 0.325 e. The maximum atomic E-state index is 11.2. The van der Waals surface area contributed by atoms with Crippen molar-refractivity contribution in [1.82, 2.24) is 0 Å². The summed E-state index contributed by atoms with van der Waals surface area (Å²) >= 11 is 3.14. The fraction of sp³-hybridized carbons (Fsp3) is 0.0714. The van der Waals surface area contributed by atoms with Gasteiger partial charge in [-0.25, -0.2) is 0 Å². The fourth-order valence-corrected chi connectivity index (χ4v) is 2.18. The molecule has 0 saturated carbocycles. The maximum absolute atomic E-state index is 11.2. The average Bonchev–Trinajstić information content (AvgIpc) is 2.43. The third-order valence-electron chi connectivity index (χ3n) is 2.72. The fourth-order valence-electron chi connectivity index (χ4n) is 1.73. The molecule has 0 N–H and O–H groups in total. The van der Waals surface area contributed by atoms with E-state index in [1.54, 1.807) is 43.3 Å². The van der Waals surface area contributed by atoms with Crippen LogP contribution < -0.4 is 4.74 Å². The summed E-state index contributed by atoms with van der Waals surface area (Å²) in [5.74, 6) is 0.408. The van der Waals surface area contributed by atoms with Crippen LogP contribution >= 0.6 is 15.9 Å². The number of carbonyl (C=O) groups excluding carboxylic acids is 1. The predicted octanol–water partition coefficient (Wildman–Crippen LogP) is 4.27. The van der Waals surface area contributed by atoms with Gasteiger partial charge in [0.2, 0.25) is 5.75 Å². The van der Waals surface area contributed by atoms with Crippen molar-refractivity contribution in [3.63, 3.8) is 0 Å². The second-order valence-corrected chi connectivity index (χ2v) is 4.91. The van der Waals surface area contributed by atoms with E-state index in [0.717, 1.165) is 0 Å². The van der Waals surface area contributed by atoms with E-state index in [1.807, 2.05) is 0 Å². The van der Waals surface area contributed by atoms with Gasteiger partial charge in [-0.15, -0.1) is 0 Å². The van der Waals surface area contributed by atoms with E-state index in [2.05, 4.69) is 15.9 Å². The number of halogens is 1. The summed E-state index contributed by atoms with van der Waals surface area (Å²) in [5.41, 5.74) is 0.785. The van der Waals surface area contributed by atoms with E-state index in [-0.39, 0.29) is 17.2 Å². The number of ether oxygens (including phenoxy) is 1. The molecule has 6 heteroatoms. The Morgan fingerprint density at radius 3 is 2.60 bits per heavy atom. The first kappa shape index (κ1) is 14.2. The Kier molecular flexibility index (Phi) is 4.14. The lowest BCUT2D eigenvalue weighted by Crippen LogP contribution is -1.98. The highest BCUT2D eigenvalue weighted by Gasteiger charge is 2.23. The Morgan fingerprint density at radius 1 is 1.25 bits per heavy atom. The molecule has 0 radical (unpaired) electrons. The Labute approximate surface area is 123 Å². The zero-order valence-corrected chi connectivity index (χ0v) is 12.1. The molecule has 0 aliphatic carbocycles. The number of nitro groups is 1. The molecule has 2 aromatic rings. The van der Waals surface area contributed by atoms with E-state index in [0.29, 0.717) is 21.9 Å². The highest BCUT2D eigenvalue weighted by atomic mass is 79.9. The number of carbonyl (C=O) groups is 1. The molecule has 0 amide bonds. The lowest BCUT2D eigenvalue weighted by Gasteiger charge is -2.11. The van der Waals surface area contributed by atoms with Crippen LogP contribution in [0.4, 0.5) is 5.69 Å². The third kappa shape index (κ3) is 2.70. The average molecular weight is 336 g/mol. The standard InChI is InChI=1S/C14H10BrNO4/c1-9-6-7-11(15)13(16(18)19)14(9)20-12-5-3-2-4-10(12)8-17/h2-8H,1H3. The van der Waals surface area contributed by atoms with Crippen LogP contribution in [-0.4, -0.2) is 11.2 Å². The van der Waals surface area contributed by atoms with E-state index in [9.17, 15) is 14.9 Å². The molecule has 2 rings (SSSR count). The molecular formula is C14H10BrNO4. The zero-order chi connectivity index (χ0) is 14.7. The molecule has 0 aromatic heterocycles. The Hall–Kier alpha value is -2.21. The van der Waals surface area contributed by atoms with Crippen LogP contribution in [-0.2, 0) is 0 Å². The van der Waals surface area contributed by atoms with Crippen molar-refractivity contribution in [2.75, 3.05) is 0 Å². The minimum atomic E-state index is -0.518. The minimum absolute atomic E-state index is 0.124. The lowest BCUT2D eigenvalue weighted by atomic mass is 10.2. The molecule has 0 bridgehead atoms. The molecule has 0 atom stereocenters. The SMILES string of the molecule is Cc1ccc(Br)c([N+](=O)[O-])c1Oc1ccccc1C=O. The first-order valence-corrected chi connectivity index (χ1v) is 6.49. The third-order valence-corrected chi connectivity index (χ3v) is 3.36. The van der Waals surface area contributed by atoms with Crippen LogP contribution in [0.5, 0.6) is 11.5 Å². The molecule has 5 nitrogen and oxygen atoms in total. The molecule has 0 fully saturated rings. The monoisotopic (exact) mass is 335 g/mol. The summed E-state index contributed by atoms with van der Waals surface area (Å²) in [5, 5.41) is 11.2. The lowest BCUT2D eigenvalue weighted by molar-refractivity contribution is -0.386. The summed E-state index contributed by atoms with van der Waals surface area (Å²) in [7, 11) is 0. The van der Waals surface area contributed by atoms with Crippen molar-refractivity contribution in [2.45, 2.75) is 6.92 Å². The van der Waals surface area contributed by atoms with Gasteiger partial charge in [-0.05, 0) is 46.6 Å². The van der Waals surface area contributed by atoms with Crippen LogP contribution in [0, 0.1) is 17.0 Å². The second-order valence-electron chi connectivity index (χ2n) is 4.06. The molecule has 0 spiro atoms. The van der Waals surface area contributed by atoms with Gasteiger partial charge in [0.05, 0.1) is 15.0 Å². The molecule has 0 unspecified atom stereocenters. The highest BCUT2D eigenvalue weighted by molar-refractivity contribution is 9.10. The van der Waals surface area contributed by atoms with Crippen molar-refractivity contribution in [2.24, 2.45) is 0 Å². The summed E-state index contributed by atoms with van der Waals surface area (Å²) in [4.78, 5) is 21.6. The Morgan fingerprint density at radius 2 is 1.95 bits per heavy atom. The summed E-state index contributed by atoms with van der Waals surface area (Å²) in [6, 6.07) is 9.86. The van der Waals surface area contributed by atoms with Crippen LogP contribution in [0.1, 0.15) is 15.9 Å². The number of benzene rings is 2. The van der Waals surface area contributed by atoms with Gasteiger partial charge >= 0.3 is 5.69 Å². The number of para-hydroxylation sites is 1. The second kappa shape index (κ2) is 5.83. The van der Waals surface area contributed by atoms with Crippen LogP contribution in [0.3, 0.4) is 0 Å². The van der Waals surface area contributed by atoms with Crippen molar-refractivity contribution in [3.05, 3.63) is 62.1 Å².